The van der Waals surface area contributed by atoms with Gasteiger partial charge in [-0.05, 0) is 36.1 Å². The van der Waals surface area contributed by atoms with E-state index in [0.717, 1.165) is 23.2 Å². The van der Waals surface area contributed by atoms with Gasteiger partial charge in [-0.2, -0.15) is 0 Å². The molecule has 132 valence electrons. The third kappa shape index (κ3) is 4.25. The van der Waals surface area contributed by atoms with Crippen LogP contribution in [0.25, 0.3) is 0 Å². The Morgan fingerprint density at radius 3 is 2.62 bits per heavy atom. The average Bonchev–Trinajstić information content (AvgIpc) is 2.68. The maximum atomic E-state index is 12.4. The number of aromatic nitrogens is 2. The molecule has 5 heteroatoms. The molecule has 1 aromatic heterocycles. The SMILES string of the molecule is CCc1cccc(C)c1Nc1nccc(C(=O)NCc2ccccc2)n1. The third-order valence-electron chi connectivity index (χ3n) is 4.16. The normalized spacial score (nSPS) is 10.4. The largest absolute Gasteiger partial charge is 0.347 e. The monoisotopic (exact) mass is 346 g/mol. The quantitative estimate of drug-likeness (QED) is 0.707. The Balaban J connectivity index is 1.73. The molecule has 0 bridgehead atoms. The number of amides is 1. The van der Waals surface area contributed by atoms with Crippen molar-refractivity contribution >= 4 is 17.5 Å². The highest BCUT2D eigenvalue weighted by molar-refractivity contribution is 5.92. The zero-order chi connectivity index (χ0) is 18.4. The van der Waals surface area contributed by atoms with E-state index in [0.29, 0.717) is 18.2 Å². The van der Waals surface area contributed by atoms with Gasteiger partial charge in [0.1, 0.15) is 5.69 Å². The Morgan fingerprint density at radius 2 is 1.85 bits per heavy atom. The van der Waals surface area contributed by atoms with Crippen LogP contribution in [0, 0.1) is 6.92 Å². The zero-order valence-corrected chi connectivity index (χ0v) is 15.0. The van der Waals surface area contributed by atoms with E-state index in [2.05, 4.69) is 33.6 Å². The molecule has 1 amide bonds. The van der Waals surface area contributed by atoms with Crippen molar-refractivity contribution in [1.82, 2.24) is 15.3 Å². The van der Waals surface area contributed by atoms with E-state index in [1.54, 1.807) is 12.3 Å². The van der Waals surface area contributed by atoms with Crippen LogP contribution in [0.5, 0.6) is 0 Å². The number of carbonyl (C=O) groups is 1. The smallest absolute Gasteiger partial charge is 0.270 e. The number of para-hydroxylation sites is 1. The van der Waals surface area contributed by atoms with Gasteiger partial charge in [0.2, 0.25) is 5.95 Å². The number of anilines is 2. The van der Waals surface area contributed by atoms with Crippen molar-refractivity contribution in [1.29, 1.82) is 0 Å². The lowest BCUT2D eigenvalue weighted by atomic mass is 10.1. The molecule has 0 unspecified atom stereocenters. The summed E-state index contributed by atoms with van der Waals surface area (Å²) < 4.78 is 0. The van der Waals surface area contributed by atoms with Gasteiger partial charge in [0.25, 0.3) is 5.91 Å². The molecular weight excluding hydrogens is 324 g/mol. The van der Waals surface area contributed by atoms with Crippen LogP contribution in [0.3, 0.4) is 0 Å². The molecular formula is C21H22N4O. The maximum Gasteiger partial charge on any atom is 0.270 e. The number of benzene rings is 2. The van der Waals surface area contributed by atoms with Gasteiger partial charge in [-0.15, -0.1) is 0 Å². The van der Waals surface area contributed by atoms with Crippen molar-refractivity contribution < 1.29 is 4.79 Å². The highest BCUT2D eigenvalue weighted by Gasteiger charge is 2.11. The number of nitrogens with zero attached hydrogens (tertiary/aromatic N) is 2. The van der Waals surface area contributed by atoms with Gasteiger partial charge in [-0.3, -0.25) is 4.79 Å². The maximum absolute atomic E-state index is 12.4. The zero-order valence-electron chi connectivity index (χ0n) is 15.0. The predicted octanol–water partition coefficient (Wildman–Crippen LogP) is 4.02. The third-order valence-corrected chi connectivity index (χ3v) is 4.16. The average molecular weight is 346 g/mol. The summed E-state index contributed by atoms with van der Waals surface area (Å²) in [7, 11) is 0. The number of carbonyl (C=O) groups excluding carboxylic acids is 1. The fourth-order valence-corrected chi connectivity index (χ4v) is 2.73. The lowest BCUT2D eigenvalue weighted by molar-refractivity contribution is 0.0946. The van der Waals surface area contributed by atoms with Crippen molar-refractivity contribution in [2.24, 2.45) is 0 Å². The van der Waals surface area contributed by atoms with Gasteiger partial charge in [0, 0.05) is 18.4 Å². The number of rotatable bonds is 6. The van der Waals surface area contributed by atoms with Gasteiger partial charge in [0.05, 0.1) is 0 Å². The molecule has 0 atom stereocenters. The minimum atomic E-state index is -0.222. The van der Waals surface area contributed by atoms with Gasteiger partial charge < -0.3 is 10.6 Å². The van der Waals surface area contributed by atoms with Crippen molar-refractivity contribution in [2.45, 2.75) is 26.8 Å². The number of aryl methyl sites for hydroxylation is 2. The molecule has 0 spiro atoms. The predicted molar refractivity (Wildman–Crippen MR) is 103 cm³/mol. The van der Waals surface area contributed by atoms with E-state index in [-0.39, 0.29) is 5.91 Å². The standard InChI is InChI=1S/C21H22N4O/c1-3-17-11-7-8-15(2)19(17)25-21-22-13-12-18(24-21)20(26)23-14-16-9-5-4-6-10-16/h4-13H,3,14H2,1-2H3,(H,23,26)(H,22,24,25). The summed E-state index contributed by atoms with van der Waals surface area (Å²) in [5.41, 5.74) is 4.68. The number of hydrogen-bond donors (Lipinski definition) is 2. The van der Waals surface area contributed by atoms with E-state index in [4.69, 9.17) is 0 Å². The topological polar surface area (TPSA) is 66.9 Å². The van der Waals surface area contributed by atoms with Crippen molar-refractivity contribution in [3.63, 3.8) is 0 Å². The molecule has 0 aliphatic carbocycles. The highest BCUT2D eigenvalue weighted by atomic mass is 16.1. The van der Waals surface area contributed by atoms with Crippen molar-refractivity contribution in [3.8, 4) is 0 Å². The Morgan fingerprint density at radius 1 is 1.04 bits per heavy atom. The van der Waals surface area contributed by atoms with E-state index in [9.17, 15) is 4.79 Å². The molecule has 26 heavy (non-hydrogen) atoms. The van der Waals surface area contributed by atoms with E-state index < -0.39 is 0 Å². The molecule has 0 radical (unpaired) electrons. The Labute approximate surface area is 153 Å². The minimum absolute atomic E-state index is 0.222. The second-order valence-electron chi connectivity index (χ2n) is 6.02. The first kappa shape index (κ1) is 17.6. The second-order valence-corrected chi connectivity index (χ2v) is 6.02. The summed E-state index contributed by atoms with van der Waals surface area (Å²) in [5.74, 6) is 0.196. The summed E-state index contributed by atoms with van der Waals surface area (Å²) in [6.45, 7) is 4.61. The molecule has 3 aromatic rings. The van der Waals surface area contributed by atoms with Crippen molar-refractivity contribution in [3.05, 3.63) is 83.2 Å². The molecule has 2 N–H and O–H groups in total. The molecule has 1 heterocycles. The van der Waals surface area contributed by atoms with Gasteiger partial charge in [-0.25, -0.2) is 9.97 Å². The Hall–Kier alpha value is -3.21. The fourth-order valence-electron chi connectivity index (χ4n) is 2.73. The molecule has 0 saturated heterocycles. The van der Waals surface area contributed by atoms with Gasteiger partial charge >= 0.3 is 0 Å². The first-order valence-electron chi connectivity index (χ1n) is 8.68. The molecule has 0 saturated carbocycles. The lowest BCUT2D eigenvalue weighted by Crippen LogP contribution is -2.24. The van der Waals surface area contributed by atoms with E-state index in [1.807, 2.05) is 49.4 Å². The Kier molecular flexibility index (Phi) is 5.59. The van der Waals surface area contributed by atoms with Gasteiger partial charge in [0.15, 0.2) is 0 Å². The van der Waals surface area contributed by atoms with E-state index >= 15 is 0 Å². The molecule has 3 rings (SSSR count). The fraction of sp³-hybridized carbons (Fsp3) is 0.190. The molecule has 0 aliphatic rings. The molecule has 0 aliphatic heterocycles. The van der Waals surface area contributed by atoms with Crippen LogP contribution in [0.4, 0.5) is 11.6 Å². The van der Waals surface area contributed by atoms with E-state index in [1.165, 1.54) is 5.56 Å². The van der Waals surface area contributed by atoms with Crippen LogP contribution >= 0.6 is 0 Å². The lowest BCUT2D eigenvalue weighted by Gasteiger charge is -2.13. The van der Waals surface area contributed by atoms with Crippen LogP contribution in [0.15, 0.2) is 60.8 Å². The van der Waals surface area contributed by atoms with Gasteiger partial charge in [-0.1, -0.05) is 55.5 Å². The molecule has 0 fully saturated rings. The minimum Gasteiger partial charge on any atom is -0.347 e. The summed E-state index contributed by atoms with van der Waals surface area (Å²) in [6.07, 6.45) is 2.50. The summed E-state index contributed by atoms with van der Waals surface area (Å²) in [5, 5.41) is 6.14. The number of hydrogen-bond acceptors (Lipinski definition) is 4. The molecule has 5 nitrogen and oxygen atoms in total. The van der Waals surface area contributed by atoms with Crippen LogP contribution in [0.2, 0.25) is 0 Å². The summed E-state index contributed by atoms with van der Waals surface area (Å²) in [6, 6.07) is 17.5. The Bertz CT molecular complexity index is 894. The summed E-state index contributed by atoms with van der Waals surface area (Å²) >= 11 is 0. The van der Waals surface area contributed by atoms with Crippen molar-refractivity contribution in [2.75, 3.05) is 5.32 Å². The van der Waals surface area contributed by atoms with Crippen LogP contribution < -0.4 is 10.6 Å². The van der Waals surface area contributed by atoms with Crippen LogP contribution in [-0.2, 0) is 13.0 Å². The molecule has 2 aromatic carbocycles. The highest BCUT2D eigenvalue weighted by Crippen LogP contribution is 2.23. The first-order valence-corrected chi connectivity index (χ1v) is 8.68. The first-order chi connectivity index (χ1) is 12.7. The summed E-state index contributed by atoms with van der Waals surface area (Å²) in [4.78, 5) is 21.0. The number of nitrogens with one attached hydrogen (secondary N) is 2. The second kappa shape index (κ2) is 8.25. The van der Waals surface area contributed by atoms with Crippen LogP contribution in [-0.4, -0.2) is 15.9 Å². The van der Waals surface area contributed by atoms with Crippen LogP contribution in [0.1, 0.15) is 34.1 Å².